The lowest BCUT2D eigenvalue weighted by Gasteiger charge is -2.31. The minimum absolute atomic E-state index is 0.0358. The fourth-order valence-corrected chi connectivity index (χ4v) is 6.63. The Hall–Kier alpha value is -5.15. The van der Waals surface area contributed by atoms with Crippen LogP contribution in [0, 0.1) is 0 Å². The van der Waals surface area contributed by atoms with Crippen molar-refractivity contribution >= 4 is 72.9 Å². The highest BCUT2D eigenvalue weighted by molar-refractivity contribution is 7.90. The molecule has 3 rings (SSSR count). The summed E-state index contributed by atoms with van der Waals surface area (Å²) >= 11 is 6.09. The number of para-hydroxylation sites is 4. The molecule has 0 heterocycles. The number of nitrogens with one attached hydrogen (secondary N) is 1. The van der Waals surface area contributed by atoms with Crippen molar-refractivity contribution < 1.29 is 60.1 Å². The minimum Gasteiger partial charge on any atom is -0.480 e. The Balaban J connectivity index is 2.07. The van der Waals surface area contributed by atoms with Crippen LogP contribution < -0.4 is 34.9 Å². The van der Waals surface area contributed by atoms with Crippen molar-refractivity contribution in [1.82, 2.24) is 0 Å². The lowest BCUT2D eigenvalue weighted by molar-refractivity contribution is -0.135. The molecule has 0 saturated heterocycles. The van der Waals surface area contributed by atoms with Gasteiger partial charge in [-0.2, -0.15) is 0 Å². The number of amides is 1. The first-order valence-corrected chi connectivity index (χ1v) is 19.6. The predicted molar refractivity (Wildman–Crippen MR) is 201 cm³/mol. The summed E-state index contributed by atoms with van der Waals surface area (Å²) in [6, 6.07) is 13.5. The van der Waals surface area contributed by atoms with Crippen molar-refractivity contribution in [3.63, 3.8) is 0 Å². The first-order chi connectivity index (χ1) is 25.2. The topological polar surface area (TPSA) is 264 Å². The maximum absolute atomic E-state index is 13.7. The third-order valence-electron chi connectivity index (χ3n) is 6.80. The van der Waals surface area contributed by atoms with Gasteiger partial charge in [0.25, 0.3) is 0 Å². The summed E-state index contributed by atoms with van der Waals surface area (Å²) in [5.74, 6) is -2.28. The van der Waals surface area contributed by atoms with Crippen molar-refractivity contribution in [3.05, 3.63) is 65.7 Å². The Bertz CT molecular complexity index is 2150. The molecule has 3 aromatic rings. The Morgan fingerprint density at radius 2 is 1.13 bits per heavy atom. The average Bonchev–Trinajstić information content (AvgIpc) is 2.99. The van der Waals surface area contributed by atoms with Crippen LogP contribution in [0.2, 0.25) is 5.02 Å². The van der Waals surface area contributed by atoms with Gasteiger partial charge >= 0.3 is 18.3 Å². The van der Waals surface area contributed by atoms with Gasteiger partial charge in [-0.05, 0) is 77.9 Å². The van der Waals surface area contributed by atoms with E-state index < -0.39 is 89.0 Å². The number of benzene rings is 3. The number of carbonyl (C=O) groups excluding carboxylic acids is 3. The molecular formula is C34H42ClN5O13S2. The van der Waals surface area contributed by atoms with Crippen LogP contribution in [0.4, 0.5) is 26.7 Å². The average molecular weight is 828 g/mol. The summed E-state index contributed by atoms with van der Waals surface area (Å²) in [5, 5.41) is 22.2. The Morgan fingerprint density at radius 3 is 1.53 bits per heavy atom. The molecule has 0 aliphatic carbocycles. The van der Waals surface area contributed by atoms with Gasteiger partial charge in [-0.25, -0.2) is 36.7 Å². The summed E-state index contributed by atoms with van der Waals surface area (Å²) in [6.45, 7) is 8.17. The smallest absolute Gasteiger partial charge is 0.480 e. The van der Waals surface area contributed by atoms with Crippen molar-refractivity contribution in [1.29, 1.82) is 0 Å². The number of halogens is 1. The van der Waals surface area contributed by atoms with Crippen molar-refractivity contribution in [2.45, 2.75) is 62.5 Å². The van der Waals surface area contributed by atoms with Gasteiger partial charge in [0, 0.05) is 13.1 Å². The number of hydrogen-bond donors (Lipinski definition) is 4. The van der Waals surface area contributed by atoms with Crippen LogP contribution in [0.15, 0.2) is 70.5 Å². The van der Waals surface area contributed by atoms with Gasteiger partial charge in [0.2, 0.25) is 26.0 Å². The zero-order valence-electron chi connectivity index (χ0n) is 30.7. The van der Waals surface area contributed by atoms with E-state index in [1.54, 1.807) is 59.7 Å². The molecule has 0 unspecified atom stereocenters. The van der Waals surface area contributed by atoms with Gasteiger partial charge < -0.3 is 39.2 Å². The number of anilines is 3. The molecule has 0 atom stereocenters. The van der Waals surface area contributed by atoms with Gasteiger partial charge in [0.05, 0.1) is 28.6 Å². The third kappa shape index (κ3) is 13.9. The van der Waals surface area contributed by atoms with E-state index in [1.165, 1.54) is 40.1 Å². The molecule has 55 heavy (non-hydrogen) atoms. The zero-order valence-corrected chi connectivity index (χ0v) is 33.1. The molecule has 6 N–H and O–H groups in total. The highest BCUT2D eigenvalue weighted by atomic mass is 35.5. The minimum atomic E-state index is -4.67. The normalized spacial score (nSPS) is 11.9. The largest absolute Gasteiger partial charge is 0.514 e. The Labute approximate surface area is 323 Å². The Kier molecular flexibility index (Phi) is 14.1. The van der Waals surface area contributed by atoms with Crippen LogP contribution in [0.5, 0.6) is 11.5 Å². The standard InChI is InChI=1S/C34H42ClN5O13S2/c1-33(2,3)52-31(44)50-25-13-9-7-11-23(25)39(19-29(41)38-22-17-21(35)27(54(36,46)47)18-28(22)55(37,48)49)15-16-40(20-30(42)43)24-12-8-10-14-26(24)51-32(45)53-34(4,5)6/h7-14,17-18H,15-16,19-20H2,1-6H3,(H,38,41)(H,42,43)(H2,36,46,47)(H2,37,48,49). The second-order valence-electron chi connectivity index (χ2n) is 13.7. The number of nitrogens with two attached hydrogens (primary N) is 2. The molecule has 21 heteroatoms. The van der Waals surface area contributed by atoms with E-state index in [9.17, 15) is 41.1 Å². The molecule has 0 spiro atoms. The number of carboxylic acid groups (broad SMARTS) is 1. The fourth-order valence-electron chi connectivity index (χ4n) is 4.75. The number of nitrogens with zero attached hydrogens (tertiary/aromatic N) is 2. The molecule has 0 radical (unpaired) electrons. The molecular weight excluding hydrogens is 786 g/mol. The highest BCUT2D eigenvalue weighted by Crippen LogP contribution is 2.33. The maximum atomic E-state index is 13.7. The highest BCUT2D eigenvalue weighted by Gasteiger charge is 2.27. The van der Waals surface area contributed by atoms with Crippen LogP contribution in [0.1, 0.15) is 41.5 Å². The van der Waals surface area contributed by atoms with Crippen molar-refractivity contribution in [2.24, 2.45) is 10.3 Å². The maximum Gasteiger partial charge on any atom is 0.514 e. The van der Waals surface area contributed by atoms with E-state index in [2.05, 4.69) is 5.32 Å². The number of ether oxygens (including phenoxy) is 4. The molecule has 0 aliphatic heterocycles. The molecule has 0 saturated carbocycles. The van der Waals surface area contributed by atoms with Crippen LogP contribution in [-0.2, 0) is 39.1 Å². The van der Waals surface area contributed by atoms with Crippen LogP contribution in [0.25, 0.3) is 0 Å². The zero-order chi connectivity index (χ0) is 41.5. The molecule has 0 bridgehead atoms. The number of aliphatic carboxylic acids is 1. The molecule has 1 amide bonds. The fraction of sp³-hybridized carbons (Fsp3) is 0.353. The predicted octanol–water partition coefficient (Wildman–Crippen LogP) is 4.30. The van der Waals surface area contributed by atoms with Crippen LogP contribution in [-0.4, -0.2) is 83.5 Å². The van der Waals surface area contributed by atoms with E-state index in [-0.39, 0.29) is 36.0 Å². The van der Waals surface area contributed by atoms with E-state index in [0.29, 0.717) is 6.07 Å². The lowest BCUT2D eigenvalue weighted by atomic mass is 10.2. The number of hydrogen-bond acceptors (Lipinski definition) is 14. The third-order valence-corrected chi connectivity index (χ3v) is 9.13. The van der Waals surface area contributed by atoms with Gasteiger partial charge in [0.15, 0.2) is 11.5 Å². The number of sulfonamides is 2. The number of carboxylic acids is 1. The number of primary sulfonamides is 2. The van der Waals surface area contributed by atoms with Gasteiger partial charge in [-0.1, -0.05) is 35.9 Å². The molecule has 3 aromatic carbocycles. The van der Waals surface area contributed by atoms with E-state index in [0.717, 1.165) is 6.07 Å². The van der Waals surface area contributed by atoms with E-state index >= 15 is 0 Å². The monoisotopic (exact) mass is 827 g/mol. The van der Waals surface area contributed by atoms with E-state index in [1.807, 2.05) is 0 Å². The lowest BCUT2D eigenvalue weighted by Crippen LogP contribution is -2.41. The van der Waals surface area contributed by atoms with Gasteiger partial charge in [-0.15, -0.1) is 0 Å². The Morgan fingerprint density at radius 1 is 0.709 bits per heavy atom. The van der Waals surface area contributed by atoms with Crippen LogP contribution >= 0.6 is 11.6 Å². The SMILES string of the molecule is CC(C)(C)OC(=O)Oc1ccccc1N(CCN(CC(=O)Nc1cc(Cl)c(S(N)(=O)=O)cc1S(N)(=O)=O)c1ccccc1OC(=O)OC(C)(C)C)CC(=O)O. The second-order valence-corrected chi connectivity index (χ2v) is 17.2. The molecule has 0 aliphatic rings. The molecule has 0 fully saturated rings. The molecule has 300 valence electrons. The summed E-state index contributed by atoms with van der Waals surface area (Å²) in [7, 11) is -9.18. The van der Waals surface area contributed by atoms with Crippen molar-refractivity contribution in [3.8, 4) is 11.5 Å². The van der Waals surface area contributed by atoms with E-state index in [4.69, 9.17) is 40.8 Å². The number of rotatable bonds is 14. The summed E-state index contributed by atoms with van der Waals surface area (Å²) in [4.78, 5) is 52.2. The quantitative estimate of drug-likeness (QED) is 0.130. The molecule has 0 aromatic heterocycles. The van der Waals surface area contributed by atoms with Gasteiger partial charge in [-0.3, -0.25) is 9.59 Å². The second kappa shape index (κ2) is 17.5. The summed E-state index contributed by atoms with van der Waals surface area (Å²) in [6.07, 6.45) is -2.12. The number of carbonyl (C=O) groups is 4. The summed E-state index contributed by atoms with van der Waals surface area (Å²) < 4.78 is 70.4. The van der Waals surface area contributed by atoms with Crippen molar-refractivity contribution in [2.75, 3.05) is 41.3 Å². The first-order valence-electron chi connectivity index (χ1n) is 16.1. The van der Waals surface area contributed by atoms with Gasteiger partial charge in [0.1, 0.15) is 27.5 Å². The van der Waals surface area contributed by atoms with Crippen LogP contribution in [0.3, 0.4) is 0 Å². The summed E-state index contributed by atoms with van der Waals surface area (Å²) in [5.41, 5.74) is -2.01. The first kappa shape index (κ1) is 44.2. The molecule has 18 nitrogen and oxygen atoms in total.